The van der Waals surface area contributed by atoms with E-state index in [0.717, 1.165) is 18.3 Å². The molecule has 30 heavy (non-hydrogen) atoms. The van der Waals surface area contributed by atoms with Gasteiger partial charge in [0.05, 0.1) is 11.3 Å². The van der Waals surface area contributed by atoms with Gasteiger partial charge in [-0.2, -0.15) is 23.7 Å². The minimum atomic E-state index is -4.53. The van der Waals surface area contributed by atoms with Crippen molar-refractivity contribution in [1.82, 2.24) is 0 Å². The van der Waals surface area contributed by atoms with E-state index < -0.39 is 11.7 Å². The molecule has 0 aliphatic heterocycles. The Labute approximate surface area is 173 Å². The summed E-state index contributed by atoms with van der Waals surface area (Å²) < 4.78 is 45.1. The number of nitrogens with zero attached hydrogens (tertiary/aromatic N) is 2. The number of nitrogens with one attached hydrogen (secondary N) is 1. The summed E-state index contributed by atoms with van der Waals surface area (Å²) in [7, 11) is 0. The molecule has 0 unspecified atom stereocenters. The van der Waals surface area contributed by atoms with Gasteiger partial charge in [-0.3, -0.25) is 0 Å². The monoisotopic (exact) mass is 411 g/mol. The van der Waals surface area contributed by atoms with Crippen molar-refractivity contribution in [1.29, 1.82) is 10.5 Å². The molecule has 1 fully saturated rings. The van der Waals surface area contributed by atoms with E-state index in [1.165, 1.54) is 43.7 Å². The summed E-state index contributed by atoms with van der Waals surface area (Å²) in [6.45, 7) is 0. The molecule has 7 heteroatoms. The van der Waals surface area contributed by atoms with E-state index in [1.807, 2.05) is 12.1 Å². The fourth-order valence-corrected chi connectivity index (χ4v) is 3.52. The Balaban J connectivity index is 1.84. The number of alkyl halides is 3. The van der Waals surface area contributed by atoms with Crippen LogP contribution in [0.1, 0.15) is 49.1 Å². The molecule has 0 amide bonds. The molecule has 1 N–H and O–H groups in total. The van der Waals surface area contributed by atoms with Crippen LogP contribution in [0.3, 0.4) is 0 Å². The first-order valence-electron chi connectivity index (χ1n) is 9.66. The van der Waals surface area contributed by atoms with Crippen LogP contribution in [0.4, 0.5) is 18.9 Å². The van der Waals surface area contributed by atoms with Crippen LogP contribution >= 0.6 is 0 Å². The predicted octanol–water partition coefficient (Wildman–Crippen LogP) is 6.89. The number of hydrogen-bond acceptors (Lipinski definition) is 4. The van der Waals surface area contributed by atoms with Crippen molar-refractivity contribution in [2.24, 2.45) is 0 Å². The number of nitriles is 2. The maximum absolute atomic E-state index is 13.1. The largest absolute Gasteiger partial charge is 0.455 e. The van der Waals surface area contributed by atoms with Gasteiger partial charge in [0, 0.05) is 6.20 Å². The zero-order chi connectivity index (χ0) is 21.6. The lowest BCUT2D eigenvalue weighted by molar-refractivity contribution is -0.137. The van der Waals surface area contributed by atoms with Crippen LogP contribution in [0.15, 0.2) is 54.2 Å². The highest BCUT2D eigenvalue weighted by atomic mass is 19.4. The van der Waals surface area contributed by atoms with Gasteiger partial charge in [0.1, 0.15) is 23.5 Å². The summed E-state index contributed by atoms with van der Waals surface area (Å²) >= 11 is 0. The molecule has 0 saturated heterocycles. The Hall–Kier alpha value is -3.45. The maximum atomic E-state index is 13.1. The Morgan fingerprint density at radius 2 is 1.67 bits per heavy atom. The summed E-state index contributed by atoms with van der Waals surface area (Å²) in [6, 6.07) is 13.9. The van der Waals surface area contributed by atoms with Gasteiger partial charge in [-0.25, -0.2) is 0 Å². The normalized spacial score (nSPS) is 14.3. The van der Waals surface area contributed by atoms with Gasteiger partial charge >= 0.3 is 6.18 Å². The van der Waals surface area contributed by atoms with Gasteiger partial charge in [-0.15, -0.1) is 0 Å². The Morgan fingerprint density at radius 1 is 1.00 bits per heavy atom. The van der Waals surface area contributed by atoms with Crippen molar-refractivity contribution in [2.75, 3.05) is 5.32 Å². The first-order valence-corrected chi connectivity index (χ1v) is 9.66. The molecule has 1 saturated carbocycles. The van der Waals surface area contributed by atoms with Gasteiger partial charge < -0.3 is 10.1 Å². The lowest BCUT2D eigenvalue weighted by Crippen LogP contribution is -2.06. The molecular formula is C23H20F3N3O. The van der Waals surface area contributed by atoms with Crippen molar-refractivity contribution >= 4 is 5.69 Å². The summed E-state index contributed by atoms with van der Waals surface area (Å²) in [5.41, 5.74) is 0.108. The molecule has 154 valence electrons. The lowest BCUT2D eigenvalue weighted by Gasteiger charge is -2.22. The standard InChI is InChI=1S/C23H20F3N3O/c24-23(25,26)19-8-11-22(21(12-19)29-15-16(13-27)14-28)30-20-9-6-18(7-10-20)17-4-2-1-3-5-17/h6-12,15,17,29H,1-5H2. The smallest absolute Gasteiger partial charge is 0.416 e. The molecular weight excluding hydrogens is 391 g/mol. The summed E-state index contributed by atoms with van der Waals surface area (Å²) in [4.78, 5) is 0. The molecule has 0 atom stereocenters. The number of rotatable bonds is 5. The zero-order valence-electron chi connectivity index (χ0n) is 16.2. The second kappa shape index (κ2) is 9.37. The van der Waals surface area contributed by atoms with Crippen molar-refractivity contribution in [3.05, 3.63) is 65.4 Å². The van der Waals surface area contributed by atoms with Crippen molar-refractivity contribution in [3.63, 3.8) is 0 Å². The quantitative estimate of drug-likeness (QED) is 0.544. The molecule has 0 aromatic heterocycles. The Kier molecular flexibility index (Phi) is 6.64. The van der Waals surface area contributed by atoms with Crippen LogP contribution in [0, 0.1) is 22.7 Å². The van der Waals surface area contributed by atoms with Crippen LogP contribution < -0.4 is 10.1 Å². The van der Waals surface area contributed by atoms with E-state index in [9.17, 15) is 13.2 Å². The van der Waals surface area contributed by atoms with Crippen molar-refractivity contribution < 1.29 is 17.9 Å². The Morgan fingerprint density at radius 3 is 2.27 bits per heavy atom. The highest BCUT2D eigenvalue weighted by Crippen LogP contribution is 2.38. The average Bonchev–Trinajstić information content (AvgIpc) is 2.76. The molecule has 4 nitrogen and oxygen atoms in total. The third-order valence-electron chi connectivity index (χ3n) is 5.10. The fourth-order valence-electron chi connectivity index (χ4n) is 3.52. The van der Waals surface area contributed by atoms with Crippen LogP contribution in [-0.4, -0.2) is 0 Å². The second-order valence-electron chi connectivity index (χ2n) is 7.14. The second-order valence-corrected chi connectivity index (χ2v) is 7.14. The van der Waals surface area contributed by atoms with Gasteiger partial charge in [-0.1, -0.05) is 31.4 Å². The molecule has 1 aliphatic carbocycles. The minimum Gasteiger partial charge on any atom is -0.455 e. The number of halogens is 3. The van der Waals surface area contributed by atoms with Crippen LogP contribution in [0.2, 0.25) is 0 Å². The first kappa shape index (κ1) is 21.3. The van der Waals surface area contributed by atoms with E-state index in [4.69, 9.17) is 15.3 Å². The van der Waals surface area contributed by atoms with Crippen molar-refractivity contribution in [2.45, 2.75) is 44.2 Å². The maximum Gasteiger partial charge on any atom is 0.416 e. The molecule has 0 bridgehead atoms. The Bertz CT molecular complexity index is 976. The number of ether oxygens (including phenoxy) is 1. The third-order valence-corrected chi connectivity index (χ3v) is 5.10. The van der Waals surface area contributed by atoms with E-state index in [0.29, 0.717) is 11.7 Å². The summed E-state index contributed by atoms with van der Waals surface area (Å²) in [5.74, 6) is 1.18. The molecule has 2 aromatic carbocycles. The number of anilines is 1. The SMILES string of the molecule is N#CC(C#N)=CNc1cc(C(F)(F)F)ccc1Oc1ccc(C2CCCCC2)cc1. The molecule has 0 spiro atoms. The molecule has 0 heterocycles. The topological polar surface area (TPSA) is 68.8 Å². The molecule has 2 aromatic rings. The minimum absolute atomic E-state index is 0.00387. The van der Waals surface area contributed by atoms with Gasteiger partial charge in [0.2, 0.25) is 0 Å². The van der Waals surface area contributed by atoms with Crippen LogP contribution in [0.5, 0.6) is 11.5 Å². The van der Waals surface area contributed by atoms with Crippen molar-refractivity contribution in [3.8, 4) is 23.6 Å². The fraction of sp³-hybridized carbons (Fsp3) is 0.304. The first-order chi connectivity index (χ1) is 14.4. The summed E-state index contributed by atoms with van der Waals surface area (Å²) in [6.07, 6.45) is 2.57. The predicted molar refractivity (Wildman–Crippen MR) is 107 cm³/mol. The number of hydrogen-bond donors (Lipinski definition) is 1. The van der Waals surface area contributed by atoms with Crippen LogP contribution in [-0.2, 0) is 6.18 Å². The van der Waals surface area contributed by atoms with Gasteiger partial charge in [0.25, 0.3) is 0 Å². The van der Waals surface area contributed by atoms with Gasteiger partial charge in [-0.05, 0) is 54.7 Å². The number of benzene rings is 2. The van der Waals surface area contributed by atoms with Gasteiger partial charge in [0.15, 0.2) is 5.75 Å². The summed E-state index contributed by atoms with van der Waals surface area (Å²) in [5, 5.41) is 20.2. The highest BCUT2D eigenvalue weighted by molar-refractivity contribution is 5.62. The molecule has 1 aliphatic rings. The molecule has 3 rings (SSSR count). The van der Waals surface area contributed by atoms with Crippen LogP contribution in [0.25, 0.3) is 0 Å². The van der Waals surface area contributed by atoms with E-state index in [2.05, 4.69) is 5.32 Å². The van der Waals surface area contributed by atoms with E-state index >= 15 is 0 Å². The lowest BCUT2D eigenvalue weighted by atomic mass is 9.84. The molecule has 0 radical (unpaired) electrons. The highest BCUT2D eigenvalue weighted by Gasteiger charge is 2.31. The zero-order valence-corrected chi connectivity index (χ0v) is 16.2. The average molecular weight is 411 g/mol. The number of allylic oxidation sites excluding steroid dienone is 1. The third kappa shape index (κ3) is 5.33. The van der Waals surface area contributed by atoms with E-state index in [-0.39, 0.29) is 17.0 Å². The van der Waals surface area contributed by atoms with E-state index in [1.54, 1.807) is 24.3 Å².